The van der Waals surface area contributed by atoms with Crippen molar-refractivity contribution in [1.82, 2.24) is 10.3 Å². The Bertz CT molecular complexity index is 617. The van der Waals surface area contributed by atoms with Crippen LogP contribution in [-0.4, -0.2) is 9.91 Å². The quantitative estimate of drug-likeness (QED) is 0.650. The van der Waals surface area contributed by atoms with Gasteiger partial charge in [0.25, 0.3) is 5.69 Å². The fourth-order valence-electron chi connectivity index (χ4n) is 2.18. The van der Waals surface area contributed by atoms with Crippen molar-refractivity contribution in [3.05, 3.63) is 57.3 Å². The molecule has 1 heterocycles. The van der Waals surface area contributed by atoms with E-state index in [1.807, 2.05) is 26.8 Å². The van der Waals surface area contributed by atoms with Gasteiger partial charge in [-0.25, -0.2) is 4.98 Å². The first-order valence-electron chi connectivity index (χ1n) is 6.92. The van der Waals surface area contributed by atoms with E-state index in [0.29, 0.717) is 12.4 Å². The van der Waals surface area contributed by atoms with Crippen molar-refractivity contribution in [2.24, 2.45) is 0 Å². The zero-order valence-corrected chi connectivity index (χ0v) is 12.4. The van der Waals surface area contributed by atoms with Gasteiger partial charge in [-0.05, 0) is 25.8 Å². The maximum atomic E-state index is 10.8. The van der Waals surface area contributed by atoms with E-state index in [4.69, 9.17) is 4.42 Å². The third-order valence-corrected chi connectivity index (χ3v) is 3.46. The molecule has 0 saturated heterocycles. The highest BCUT2D eigenvalue weighted by molar-refractivity contribution is 5.35. The van der Waals surface area contributed by atoms with Crippen LogP contribution >= 0.6 is 0 Å². The first kappa shape index (κ1) is 15.2. The van der Waals surface area contributed by atoms with Crippen LogP contribution in [0.25, 0.3) is 0 Å². The van der Waals surface area contributed by atoms with Crippen LogP contribution in [-0.2, 0) is 6.54 Å². The fourth-order valence-corrected chi connectivity index (χ4v) is 2.18. The molecule has 0 spiro atoms. The molecule has 0 saturated carbocycles. The van der Waals surface area contributed by atoms with Crippen LogP contribution in [0.2, 0.25) is 0 Å². The van der Waals surface area contributed by atoms with Gasteiger partial charge in [0, 0.05) is 18.2 Å². The summed E-state index contributed by atoms with van der Waals surface area (Å²) < 4.78 is 5.53. The van der Waals surface area contributed by atoms with Gasteiger partial charge in [0.15, 0.2) is 0 Å². The Morgan fingerprint density at radius 3 is 2.76 bits per heavy atom. The number of hydrogen-bond acceptors (Lipinski definition) is 5. The standard InChI is InChI=1S/C15H19N3O3/c1-4-14(12-6-5-7-13(8-12)18(19)20)16-9-15-17-10(2)11(3)21-15/h5-8,14,16H,4,9H2,1-3H3. The molecule has 1 aromatic carbocycles. The van der Waals surface area contributed by atoms with Crippen molar-refractivity contribution in [3.8, 4) is 0 Å². The van der Waals surface area contributed by atoms with Gasteiger partial charge >= 0.3 is 0 Å². The van der Waals surface area contributed by atoms with Crippen molar-refractivity contribution < 1.29 is 9.34 Å². The van der Waals surface area contributed by atoms with Gasteiger partial charge in [0.05, 0.1) is 17.2 Å². The van der Waals surface area contributed by atoms with E-state index >= 15 is 0 Å². The molecule has 1 atom stereocenters. The smallest absolute Gasteiger partial charge is 0.269 e. The average Bonchev–Trinajstić information content (AvgIpc) is 2.79. The summed E-state index contributed by atoms with van der Waals surface area (Å²) in [5.74, 6) is 1.45. The van der Waals surface area contributed by atoms with E-state index in [0.717, 1.165) is 23.4 Å². The molecule has 0 aliphatic rings. The summed E-state index contributed by atoms with van der Waals surface area (Å²) in [7, 11) is 0. The molecule has 21 heavy (non-hydrogen) atoms. The maximum absolute atomic E-state index is 10.8. The SMILES string of the molecule is CCC(NCc1nc(C)c(C)o1)c1cccc([N+](=O)[O-])c1. The molecule has 1 N–H and O–H groups in total. The molecule has 1 aromatic heterocycles. The van der Waals surface area contributed by atoms with Gasteiger partial charge in [-0.1, -0.05) is 19.1 Å². The number of non-ortho nitro benzene ring substituents is 1. The monoisotopic (exact) mass is 289 g/mol. The summed E-state index contributed by atoms with van der Waals surface area (Å²) in [4.78, 5) is 14.8. The first-order valence-corrected chi connectivity index (χ1v) is 6.92. The second-order valence-corrected chi connectivity index (χ2v) is 4.94. The molecule has 0 aliphatic heterocycles. The maximum Gasteiger partial charge on any atom is 0.269 e. The lowest BCUT2D eigenvalue weighted by Gasteiger charge is -2.16. The van der Waals surface area contributed by atoms with Gasteiger partial charge in [-0.3, -0.25) is 10.1 Å². The lowest BCUT2D eigenvalue weighted by atomic mass is 10.0. The molecular formula is C15H19N3O3. The number of nitrogens with one attached hydrogen (secondary N) is 1. The summed E-state index contributed by atoms with van der Waals surface area (Å²) >= 11 is 0. The van der Waals surface area contributed by atoms with Gasteiger partial charge < -0.3 is 9.73 Å². The van der Waals surface area contributed by atoms with Gasteiger partial charge in [0.1, 0.15) is 5.76 Å². The third kappa shape index (κ3) is 3.66. The van der Waals surface area contributed by atoms with Gasteiger partial charge in [0.2, 0.25) is 5.89 Å². The normalized spacial score (nSPS) is 12.3. The Morgan fingerprint density at radius 1 is 1.43 bits per heavy atom. The zero-order chi connectivity index (χ0) is 15.4. The van der Waals surface area contributed by atoms with Crippen molar-refractivity contribution >= 4 is 5.69 Å². The van der Waals surface area contributed by atoms with Crippen molar-refractivity contribution in [3.63, 3.8) is 0 Å². The molecule has 112 valence electrons. The number of aromatic nitrogens is 1. The largest absolute Gasteiger partial charge is 0.444 e. The minimum absolute atomic E-state index is 0.0254. The van der Waals surface area contributed by atoms with Crippen LogP contribution in [0, 0.1) is 24.0 Å². The average molecular weight is 289 g/mol. The molecule has 2 aromatic rings. The highest BCUT2D eigenvalue weighted by Gasteiger charge is 2.14. The highest BCUT2D eigenvalue weighted by atomic mass is 16.6. The van der Waals surface area contributed by atoms with E-state index < -0.39 is 0 Å². The number of nitro benzene ring substituents is 1. The van der Waals surface area contributed by atoms with E-state index in [-0.39, 0.29) is 16.7 Å². The van der Waals surface area contributed by atoms with Crippen molar-refractivity contribution in [2.45, 2.75) is 39.8 Å². The predicted molar refractivity (Wildman–Crippen MR) is 78.9 cm³/mol. The zero-order valence-electron chi connectivity index (χ0n) is 12.4. The number of oxazole rings is 1. The Kier molecular flexibility index (Phi) is 4.70. The van der Waals surface area contributed by atoms with Crippen LogP contribution in [0.1, 0.15) is 42.3 Å². The van der Waals surface area contributed by atoms with Crippen LogP contribution in [0.3, 0.4) is 0 Å². The minimum atomic E-state index is -0.378. The molecular weight excluding hydrogens is 270 g/mol. The van der Waals surface area contributed by atoms with Crippen LogP contribution in [0.5, 0.6) is 0 Å². The number of nitrogens with zero attached hydrogens (tertiary/aromatic N) is 2. The molecule has 6 nitrogen and oxygen atoms in total. The molecule has 0 fully saturated rings. The molecule has 2 rings (SSSR count). The fraction of sp³-hybridized carbons (Fsp3) is 0.400. The number of aryl methyl sites for hydroxylation is 2. The van der Waals surface area contributed by atoms with E-state index in [2.05, 4.69) is 10.3 Å². The number of benzene rings is 1. The third-order valence-electron chi connectivity index (χ3n) is 3.46. The summed E-state index contributed by atoms with van der Waals surface area (Å²) in [5.41, 5.74) is 1.89. The Hall–Kier alpha value is -2.21. The number of hydrogen-bond donors (Lipinski definition) is 1. The van der Waals surface area contributed by atoms with Gasteiger partial charge in [-0.15, -0.1) is 0 Å². The molecule has 0 radical (unpaired) electrons. The Morgan fingerprint density at radius 2 is 2.19 bits per heavy atom. The van der Waals surface area contributed by atoms with Crippen molar-refractivity contribution in [2.75, 3.05) is 0 Å². The summed E-state index contributed by atoms with van der Waals surface area (Å²) in [6.45, 7) is 6.31. The van der Waals surface area contributed by atoms with E-state index in [1.54, 1.807) is 12.1 Å². The first-order chi connectivity index (χ1) is 10.0. The molecule has 0 aliphatic carbocycles. The van der Waals surface area contributed by atoms with Crippen molar-refractivity contribution in [1.29, 1.82) is 0 Å². The molecule has 0 bridgehead atoms. The topological polar surface area (TPSA) is 81.2 Å². The van der Waals surface area contributed by atoms with Crippen LogP contribution in [0.15, 0.2) is 28.7 Å². The predicted octanol–water partition coefficient (Wildman–Crippen LogP) is 3.44. The molecule has 1 unspecified atom stereocenters. The second kappa shape index (κ2) is 6.49. The highest BCUT2D eigenvalue weighted by Crippen LogP contribution is 2.22. The lowest BCUT2D eigenvalue weighted by Crippen LogP contribution is -2.20. The molecule has 0 amide bonds. The van der Waals surface area contributed by atoms with Crippen LogP contribution < -0.4 is 5.32 Å². The van der Waals surface area contributed by atoms with Crippen LogP contribution in [0.4, 0.5) is 5.69 Å². The Balaban J connectivity index is 2.09. The number of rotatable bonds is 6. The summed E-state index contributed by atoms with van der Waals surface area (Å²) in [6, 6.07) is 6.72. The van der Waals surface area contributed by atoms with E-state index in [9.17, 15) is 10.1 Å². The van der Waals surface area contributed by atoms with E-state index in [1.165, 1.54) is 6.07 Å². The number of nitro groups is 1. The van der Waals surface area contributed by atoms with Gasteiger partial charge in [-0.2, -0.15) is 0 Å². The minimum Gasteiger partial charge on any atom is -0.444 e. The Labute approximate surface area is 123 Å². The summed E-state index contributed by atoms with van der Waals surface area (Å²) in [5, 5.41) is 14.2. The lowest BCUT2D eigenvalue weighted by molar-refractivity contribution is -0.384. The second-order valence-electron chi connectivity index (χ2n) is 4.94. The summed E-state index contributed by atoms with van der Waals surface area (Å²) in [6.07, 6.45) is 0.819. The molecule has 6 heteroatoms.